The number of aliphatic hydroxyl groups is 1. The lowest BCUT2D eigenvalue weighted by Gasteiger charge is -2.26. The average molecular weight is 492 g/mol. The number of anilines is 1. The fourth-order valence-corrected chi connectivity index (χ4v) is 4.36. The van der Waals surface area contributed by atoms with E-state index >= 15 is 0 Å². The largest absolute Gasteiger partial charge is 0.507 e. The molecule has 0 aromatic heterocycles. The predicted molar refractivity (Wildman–Crippen MR) is 136 cm³/mol. The number of aliphatic hydroxyl groups excluding tert-OH is 1. The van der Waals surface area contributed by atoms with Gasteiger partial charge in [0.2, 0.25) is 0 Å². The van der Waals surface area contributed by atoms with Crippen molar-refractivity contribution in [1.82, 2.24) is 0 Å². The number of hydrogen-bond acceptors (Lipinski definition) is 5. The lowest BCUT2D eigenvalue weighted by Crippen LogP contribution is -2.29. The zero-order valence-corrected chi connectivity index (χ0v) is 20.5. The van der Waals surface area contributed by atoms with Gasteiger partial charge in [-0.15, -0.1) is 0 Å². The Balaban J connectivity index is 1.94. The van der Waals surface area contributed by atoms with E-state index in [0.717, 1.165) is 5.56 Å². The fourth-order valence-electron chi connectivity index (χ4n) is 4.23. The average Bonchev–Trinajstić information content (AvgIpc) is 3.10. The lowest BCUT2D eigenvalue weighted by molar-refractivity contribution is -0.132. The Hall–Kier alpha value is -3.77. The third-order valence-electron chi connectivity index (χ3n) is 5.73. The third-order valence-corrected chi connectivity index (χ3v) is 5.98. The molecule has 1 amide bonds. The summed E-state index contributed by atoms with van der Waals surface area (Å²) in [5, 5.41) is 12.0. The van der Waals surface area contributed by atoms with Gasteiger partial charge in [0.25, 0.3) is 11.7 Å². The maximum atomic E-state index is 13.4. The summed E-state index contributed by atoms with van der Waals surface area (Å²) >= 11 is 6.06. The van der Waals surface area contributed by atoms with E-state index in [1.54, 1.807) is 42.5 Å². The van der Waals surface area contributed by atoms with Gasteiger partial charge < -0.3 is 14.6 Å². The van der Waals surface area contributed by atoms with E-state index in [2.05, 4.69) is 0 Å². The molecule has 1 fully saturated rings. The summed E-state index contributed by atoms with van der Waals surface area (Å²) in [6, 6.07) is 18.3. The highest BCUT2D eigenvalue weighted by Gasteiger charge is 2.47. The van der Waals surface area contributed by atoms with Crippen LogP contribution in [-0.4, -0.2) is 30.0 Å². The summed E-state index contributed by atoms with van der Waals surface area (Å²) in [6.07, 6.45) is 0. The van der Waals surface area contributed by atoms with Gasteiger partial charge >= 0.3 is 0 Å². The van der Waals surface area contributed by atoms with Crippen molar-refractivity contribution in [3.05, 3.63) is 94.0 Å². The Morgan fingerprint density at radius 3 is 2.34 bits per heavy atom. The number of ketones is 1. The highest BCUT2D eigenvalue weighted by molar-refractivity contribution is 6.51. The van der Waals surface area contributed by atoms with Gasteiger partial charge in [-0.3, -0.25) is 14.5 Å². The molecule has 0 radical (unpaired) electrons. The summed E-state index contributed by atoms with van der Waals surface area (Å²) in [5.74, 6) is -0.886. The van der Waals surface area contributed by atoms with Gasteiger partial charge in [-0.05, 0) is 62.7 Å². The number of ether oxygens (including phenoxy) is 2. The van der Waals surface area contributed by atoms with Crippen LogP contribution in [0.5, 0.6) is 11.5 Å². The molecule has 1 atom stereocenters. The fraction of sp³-hybridized carbons (Fsp3) is 0.214. The van der Waals surface area contributed by atoms with Crippen LogP contribution in [0.15, 0.2) is 72.3 Å². The van der Waals surface area contributed by atoms with Crippen LogP contribution in [0.1, 0.15) is 36.6 Å². The number of nitrogens with zero attached hydrogens (tertiary/aromatic N) is 1. The maximum Gasteiger partial charge on any atom is 0.300 e. The predicted octanol–water partition coefficient (Wildman–Crippen LogP) is 6.07. The molecular weight excluding hydrogens is 466 g/mol. The van der Waals surface area contributed by atoms with Crippen molar-refractivity contribution < 1.29 is 24.2 Å². The minimum absolute atomic E-state index is 0.0133. The summed E-state index contributed by atoms with van der Waals surface area (Å²) < 4.78 is 11.3. The van der Waals surface area contributed by atoms with E-state index in [-0.39, 0.29) is 11.3 Å². The second kappa shape index (κ2) is 10.2. The van der Waals surface area contributed by atoms with Crippen LogP contribution in [0, 0.1) is 6.92 Å². The first-order valence-corrected chi connectivity index (χ1v) is 11.8. The van der Waals surface area contributed by atoms with Crippen LogP contribution in [0.4, 0.5) is 5.69 Å². The second-order valence-electron chi connectivity index (χ2n) is 8.08. The van der Waals surface area contributed by atoms with Gasteiger partial charge in [0.05, 0.1) is 30.4 Å². The molecule has 0 bridgehead atoms. The summed E-state index contributed by atoms with van der Waals surface area (Å²) in [4.78, 5) is 28.1. The van der Waals surface area contributed by atoms with E-state index in [1.807, 2.05) is 45.0 Å². The molecule has 180 valence electrons. The number of rotatable bonds is 7. The molecule has 3 aromatic rings. The molecule has 0 spiro atoms. The quantitative estimate of drug-likeness (QED) is 0.246. The van der Waals surface area contributed by atoms with E-state index < -0.39 is 17.7 Å². The number of Topliss-reactive ketones (excluding diaryl/α,β-unsaturated/α-hetero) is 1. The van der Waals surface area contributed by atoms with Gasteiger partial charge in [0.15, 0.2) is 0 Å². The Bertz CT molecular complexity index is 1300. The second-order valence-corrected chi connectivity index (χ2v) is 8.52. The van der Waals surface area contributed by atoms with Gasteiger partial charge in [-0.1, -0.05) is 41.4 Å². The molecule has 7 heteroatoms. The number of benzene rings is 3. The minimum atomic E-state index is -0.836. The monoisotopic (exact) mass is 491 g/mol. The Morgan fingerprint density at radius 2 is 1.69 bits per heavy atom. The molecule has 0 aliphatic carbocycles. The number of carbonyl (C=O) groups excluding carboxylic acids is 2. The van der Waals surface area contributed by atoms with Crippen molar-refractivity contribution in [1.29, 1.82) is 0 Å². The topological polar surface area (TPSA) is 76.1 Å². The van der Waals surface area contributed by atoms with E-state index in [9.17, 15) is 14.7 Å². The minimum Gasteiger partial charge on any atom is -0.507 e. The van der Waals surface area contributed by atoms with Gasteiger partial charge in [0, 0.05) is 16.8 Å². The Labute approximate surface area is 209 Å². The number of aryl methyl sites for hydroxylation is 1. The van der Waals surface area contributed by atoms with Crippen LogP contribution < -0.4 is 14.4 Å². The molecule has 0 saturated carbocycles. The number of halogens is 1. The first-order chi connectivity index (χ1) is 16.8. The number of amides is 1. The van der Waals surface area contributed by atoms with Crippen molar-refractivity contribution in [3.8, 4) is 11.5 Å². The molecule has 6 nitrogen and oxygen atoms in total. The van der Waals surface area contributed by atoms with Crippen molar-refractivity contribution >= 4 is 34.7 Å². The van der Waals surface area contributed by atoms with E-state index in [0.29, 0.717) is 46.5 Å². The first kappa shape index (κ1) is 24.4. The van der Waals surface area contributed by atoms with E-state index in [1.165, 1.54) is 4.90 Å². The molecule has 1 saturated heterocycles. The summed E-state index contributed by atoms with van der Waals surface area (Å²) in [5.41, 5.74) is 2.45. The first-order valence-electron chi connectivity index (χ1n) is 11.4. The lowest BCUT2D eigenvalue weighted by atomic mass is 9.94. The van der Waals surface area contributed by atoms with Crippen molar-refractivity contribution in [3.63, 3.8) is 0 Å². The smallest absolute Gasteiger partial charge is 0.300 e. The molecule has 1 aliphatic rings. The van der Waals surface area contributed by atoms with Crippen LogP contribution >= 0.6 is 11.6 Å². The van der Waals surface area contributed by atoms with Gasteiger partial charge in [-0.2, -0.15) is 0 Å². The molecule has 3 aromatic carbocycles. The summed E-state index contributed by atoms with van der Waals surface area (Å²) in [7, 11) is 0. The number of carbonyl (C=O) groups is 2. The third kappa shape index (κ3) is 4.75. The molecule has 1 aliphatic heterocycles. The molecule has 35 heavy (non-hydrogen) atoms. The zero-order chi connectivity index (χ0) is 25.1. The summed E-state index contributed by atoms with van der Waals surface area (Å²) in [6.45, 7) is 6.43. The Kier molecular flexibility index (Phi) is 7.12. The maximum absolute atomic E-state index is 13.4. The van der Waals surface area contributed by atoms with Crippen LogP contribution in [0.25, 0.3) is 5.76 Å². The number of hydrogen-bond donors (Lipinski definition) is 1. The molecule has 4 rings (SSSR count). The molecular formula is C28H26ClNO5. The molecule has 1 unspecified atom stereocenters. The standard InChI is InChI=1S/C28H26ClNO5/c1-4-34-21-13-14-22(23(16-21)35-5-2)26(31)24-25(18-8-6-7-17(3)15-18)30(28(33)27(24)32)20-11-9-19(29)10-12-20/h6-16,25,31H,4-5H2,1-3H3/b26-24-. The van der Waals surface area contributed by atoms with Crippen molar-refractivity contribution in [2.24, 2.45) is 0 Å². The van der Waals surface area contributed by atoms with Crippen molar-refractivity contribution in [2.75, 3.05) is 18.1 Å². The zero-order valence-electron chi connectivity index (χ0n) is 19.7. The Morgan fingerprint density at radius 1 is 0.971 bits per heavy atom. The van der Waals surface area contributed by atoms with Gasteiger partial charge in [-0.25, -0.2) is 0 Å². The van der Waals surface area contributed by atoms with Gasteiger partial charge in [0.1, 0.15) is 17.3 Å². The molecule has 1 heterocycles. The van der Waals surface area contributed by atoms with Crippen LogP contribution in [-0.2, 0) is 9.59 Å². The molecule has 1 N–H and O–H groups in total. The normalized spacial score (nSPS) is 17.0. The van der Waals surface area contributed by atoms with Crippen LogP contribution in [0.2, 0.25) is 5.02 Å². The van der Waals surface area contributed by atoms with Crippen LogP contribution in [0.3, 0.4) is 0 Å². The van der Waals surface area contributed by atoms with E-state index in [4.69, 9.17) is 21.1 Å². The highest BCUT2D eigenvalue weighted by atomic mass is 35.5. The van der Waals surface area contributed by atoms with Crippen molar-refractivity contribution in [2.45, 2.75) is 26.8 Å². The highest BCUT2D eigenvalue weighted by Crippen LogP contribution is 2.44. The SMILES string of the molecule is CCOc1ccc(/C(O)=C2/C(=O)C(=O)N(c3ccc(Cl)cc3)C2c2cccc(C)c2)c(OCC)c1.